The molecule has 0 bridgehead atoms. The molecule has 1 aromatic heterocycles. The van der Waals surface area contributed by atoms with E-state index < -0.39 is 15.9 Å². The van der Waals surface area contributed by atoms with Crippen molar-refractivity contribution in [2.75, 3.05) is 18.4 Å². The Hall–Kier alpha value is -2.04. The Bertz CT molecular complexity index is 873. The van der Waals surface area contributed by atoms with Crippen LogP contribution in [-0.2, 0) is 10.0 Å². The van der Waals surface area contributed by atoms with Gasteiger partial charge in [0.15, 0.2) is 0 Å². The van der Waals surface area contributed by atoms with Gasteiger partial charge >= 0.3 is 0 Å². The molecule has 1 saturated heterocycles. The zero-order chi connectivity index (χ0) is 17.3. The maximum Gasteiger partial charge on any atom is 0.261 e. The number of aryl methyl sites for hydroxylation is 1. The lowest BCUT2D eigenvalue weighted by molar-refractivity contribution is 0.102. The van der Waals surface area contributed by atoms with Gasteiger partial charge in [-0.25, -0.2) is 8.42 Å². The van der Waals surface area contributed by atoms with Crippen molar-refractivity contribution < 1.29 is 18.3 Å². The molecule has 0 aliphatic carbocycles. The standard InChI is InChI=1S/C14H16N4O4S2/c1-9-16-17-14(23-9)15-13(20)11-8-10(4-5-12(11)19)24(21,22)18-6-2-3-7-18/h4-5,8,19H,2-3,6-7H2,1H3,(H,15,17,20). The number of phenols is 1. The molecule has 10 heteroatoms. The van der Waals surface area contributed by atoms with Crippen LogP contribution < -0.4 is 5.32 Å². The molecule has 0 atom stereocenters. The summed E-state index contributed by atoms with van der Waals surface area (Å²) in [7, 11) is -3.66. The Balaban J connectivity index is 1.90. The maximum absolute atomic E-state index is 12.6. The predicted octanol–water partition coefficient (Wildman–Crippen LogP) is 1.59. The summed E-state index contributed by atoms with van der Waals surface area (Å²) in [5, 5.41) is 20.9. The van der Waals surface area contributed by atoms with Crippen LogP contribution in [0, 0.1) is 6.92 Å². The van der Waals surface area contributed by atoms with E-state index in [9.17, 15) is 18.3 Å². The van der Waals surface area contributed by atoms with Crippen LogP contribution in [0.3, 0.4) is 0 Å². The molecule has 1 fully saturated rings. The van der Waals surface area contributed by atoms with E-state index in [1.165, 1.54) is 33.8 Å². The average molecular weight is 368 g/mol. The lowest BCUT2D eigenvalue weighted by Gasteiger charge is -2.16. The van der Waals surface area contributed by atoms with E-state index >= 15 is 0 Å². The van der Waals surface area contributed by atoms with Crippen molar-refractivity contribution in [2.45, 2.75) is 24.7 Å². The lowest BCUT2D eigenvalue weighted by Crippen LogP contribution is -2.28. The second-order valence-electron chi connectivity index (χ2n) is 5.37. The minimum Gasteiger partial charge on any atom is -0.507 e. The highest BCUT2D eigenvalue weighted by Gasteiger charge is 2.28. The van der Waals surface area contributed by atoms with Crippen molar-refractivity contribution in [2.24, 2.45) is 0 Å². The van der Waals surface area contributed by atoms with Crippen LogP contribution in [0.1, 0.15) is 28.2 Å². The third-order valence-electron chi connectivity index (χ3n) is 3.66. The number of carbonyl (C=O) groups excluding carboxylic acids is 1. The van der Waals surface area contributed by atoms with Gasteiger partial charge in [-0.1, -0.05) is 11.3 Å². The first-order chi connectivity index (χ1) is 11.4. The van der Waals surface area contributed by atoms with Crippen LogP contribution in [0.25, 0.3) is 0 Å². The number of nitrogens with one attached hydrogen (secondary N) is 1. The third-order valence-corrected chi connectivity index (χ3v) is 6.31. The molecular weight excluding hydrogens is 352 g/mol. The number of hydrogen-bond acceptors (Lipinski definition) is 7. The summed E-state index contributed by atoms with van der Waals surface area (Å²) in [5.74, 6) is -0.934. The summed E-state index contributed by atoms with van der Waals surface area (Å²) in [5.41, 5.74) is -0.122. The van der Waals surface area contributed by atoms with E-state index in [-0.39, 0.29) is 21.3 Å². The average Bonchev–Trinajstić information content (AvgIpc) is 3.19. The normalized spacial score (nSPS) is 15.5. The fourth-order valence-electron chi connectivity index (χ4n) is 2.45. The number of sulfonamides is 1. The molecule has 2 heterocycles. The molecule has 2 N–H and O–H groups in total. The second kappa shape index (κ2) is 6.46. The molecule has 0 radical (unpaired) electrons. The number of carbonyl (C=O) groups is 1. The van der Waals surface area contributed by atoms with E-state index in [2.05, 4.69) is 15.5 Å². The van der Waals surface area contributed by atoms with E-state index in [1.54, 1.807) is 6.92 Å². The van der Waals surface area contributed by atoms with Gasteiger partial charge in [0.25, 0.3) is 5.91 Å². The molecular formula is C14H16N4O4S2. The van der Waals surface area contributed by atoms with Crippen LogP contribution in [-0.4, -0.2) is 47.0 Å². The van der Waals surface area contributed by atoms with Gasteiger partial charge in [0, 0.05) is 13.1 Å². The van der Waals surface area contributed by atoms with Gasteiger partial charge < -0.3 is 5.11 Å². The van der Waals surface area contributed by atoms with Crippen LogP contribution >= 0.6 is 11.3 Å². The van der Waals surface area contributed by atoms with Crippen molar-refractivity contribution in [1.29, 1.82) is 0 Å². The molecule has 24 heavy (non-hydrogen) atoms. The number of amides is 1. The lowest BCUT2D eigenvalue weighted by atomic mass is 10.2. The Morgan fingerprint density at radius 3 is 2.62 bits per heavy atom. The molecule has 128 valence electrons. The van der Waals surface area contributed by atoms with Crippen molar-refractivity contribution in [3.8, 4) is 5.75 Å². The zero-order valence-electron chi connectivity index (χ0n) is 12.9. The second-order valence-corrected chi connectivity index (χ2v) is 8.49. The monoisotopic (exact) mass is 368 g/mol. The number of phenolic OH excluding ortho intramolecular Hbond substituents is 1. The number of aromatic hydroxyl groups is 1. The first-order valence-electron chi connectivity index (χ1n) is 7.32. The quantitative estimate of drug-likeness (QED) is 0.847. The number of benzene rings is 1. The molecule has 8 nitrogen and oxygen atoms in total. The molecule has 0 spiro atoms. The van der Waals surface area contributed by atoms with Crippen LogP contribution in [0.4, 0.5) is 5.13 Å². The van der Waals surface area contributed by atoms with Gasteiger partial charge in [0.05, 0.1) is 10.5 Å². The summed E-state index contributed by atoms with van der Waals surface area (Å²) in [4.78, 5) is 12.3. The molecule has 1 aliphatic rings. The predicted molar refractivity (Wildman–Crippen MR) is 88.7 cm³/mol. The highest BCUT2D eigenvalue weighted by atomic mass is 32.2. The summed E-state index contributed by atoms with van der Waals surface area (Å²) < 4.78 is 26.5. The fourth-order valence-corrected chi connectivity index (χ4v) is 4.58. The highest BCUT2D eigenvalue weighted by molar-refractivity contribution is 7.89. The number of nitrogens with zero attached hydrogens (tertiary/aromatic N) is 3. The van der Waals surface area contributed by atoms with Gasteiger partial charge in [0.1, 0.15) is 10.8 Å². The Kier molecular flexibility index (Phi) is 4.52. The Morgan fingerprint density at radius 1 is 1.29 bits per heavy atom. The van der Waals surface area contributed by atoms with Crippen LogP contribution in [0.15, 0.2) is 23.1 Å². The number of aromatic nitrogens is 2. The largest absolute Gasteiger partial charge is 0.507 e. The summed E-state index contributed by atoms with van der Waals surface area (Å²) in [6.45, 7) is 2.68. The number of anilines is 1. The summed E-state index contributed by atoms with van der Waals surface area (Å²) >= 11 is 1.18. The van der Waals surface area contributed by atoms with E-state index in [0.29, 0.717) is 18.1 Å². The SMILES string of the molecule is Cc1nnc(NC(=O)c2cc(S(=O)(=O)N3CCCC3)ccc2O)s1. The minimum absolute atomic E-state index is 0.0132. The first-order valence-corrected chi connectivity index (χ1v) is 9.58. The molecule has 0 saturated carbocycles. The van der Waals surface area contributed by atoms with E-state index in [0.717, 1.165) is 12.8 Å². The summed E-state index contributed by atoms with van der Waals surface area (Å²) in [6, 6.07) is 3.70. The minimum atomic E-state index is -3.66. The van der Waals surface area contributed by atoms with Gasteiger partial charge in [0.2, 0.25) is 15.2 Å². The number of rotatable bonds is 4. The fraction of sp³-hybridized carbons (Fsp3) is 0.357. The topological polar surface area (TPSA) is 112 Å². The molecule has 1 aliphatic heterocycles. The van der Waals surface area contributed by atoms with Crippen LogP contribution in [0.5, 0.6) is 5.75 Å². The molecule has 1 aromatic carbocycles. The maximum atomic E-state index is 12.6. The highest BCUT2D eigenvalue weighted by Crippen LogP contribution is 2.26. The molecule has 3 rings (SSSR count). The van der Waals surface area contributed by atoms with Gasteiger partial charge in [-0.3, -0.25) is 10.1 Å². The van der Waals surface area contributed by atoms with Crippen molar-refractivity contribution in [1.82, 2.24) is 14.5 Å². The molecule has 1 amide bonds. The zero-order valence-corrected chi connectivity index (χ0v) is 14.5. The van der Waals surface area contributed by atoms with Crippen molar-refractivity contribution in [3.63, 3.8) is 0 Å². The Labute approximate surface area is 143 Å². The Morgan fingerprint density at radius 2 is 2.00 bits per heavy atom. The van der Waals surface area contributed by atoms with Gasteiger partial charge in [-0.2, -0.15) is 4.31 Å². The van der Waals surface area contributed by atoms with Crippen molar-refractivity contribution >= 4 is 32.4 Å². The number of hydrogen-bond donors (Lipinski definition) is 2. The first kappa shape index (κ1) is 16.8. The van der Waals surface area contributed by atoms with E-state index in [1.807, 2.05) is 0 Å². The molecule has 0 unspecified atom stereocenters. The summed E-state index contributed by atoms with van der Waals surface area (Å²) in [6.07, 6.45) is 1.64. The van der Waals surface area contributed by atoms with Gasteiger partial charge in [-0.05, 0) is 38.0 Å². The molecule has 2 aromatic rings. The third kappa shape index (κ3) is 3.25. The van der Waals surface area contributed by atoms with Gasteiger partial charge in [-0.15, -0.1) is 10.2 Å². The van der Waals surface area contributed by atoms with E-state index in [4.69, 9.17) is 0 Å². The van der Waals surface area contributed by atoms with Crippen molar-refractivity contribution in [3.05, 3.63) is 28.8 Å². The van der Waals surface area contributed by atoms with Crippen LogP contribution in [0.2, 0.25) is 0 Å². The smallest absolute Gasteiger partial charge is 0.261 e.